The van der Waals surface area contributed by atoms with E-state index >= 15 is 0 Å². The molecular formula is C10H12BrNOS2. The van der Waals surface area contributed by atoms with Gasteiger partial charge in [0.25, 0.3) is 5.91 Å². The Bertz CT molecular complexity index is 366. The van der Waals surface area contributed by atoms with Crippen LogP contribution in [0.3, 0.4) is 0 Å². The summed E-state index contributed by atoms with van der Waals surface area (Å²) in [5.41, 5.74) is 0. The fourth-order valence-corrected chi connectivity index (χ4v) is 3.96. The lowest BCUT2D eigenvalue weighted by Crippen LogP contribution is -2.40. The third-order valence-electron chi connectivity index (χ3n) is 2.31. The zero-order valence-corrected chi connectivity index (χ0v) is 11.6. The highest BCUT2D eigenvalue weighted by Crippen LogP contribution is 2.25. The van der Waals surface area contributed by atoms with Crippen LogP contribution in [0.4, 0.5) is 0 Å². The largest absolute Gasteiger partial charge is 0.336 e. The van der Waals surface area contributed by atoms with Crippen molar-refractivity contribution in [2.75, 3.05) is 18.8 Å². The highest BCUT2D eigenvalue weighted by Gasteiger charge is 2.23. The van der Waals surface area contributed by atoms with Gasteiger partial charge in [0.2, 0.25) is 0 Å². The van der Waals surface area contributed by atoms with E-state index in [4.69, 9.17) is 0 Å². The summed E-state index contributed by atoms with van der Waals surface area (Å²) in [6.45, 7) is 3.93. The molecule has 0 bridgehead atoms. The van der Waals surface area contributed by atoms with E-state index in [1.165, 1.54) is 11.3 Å². The first kappa shape index (κ1) is 11.5. The molecule has 82 valence electrons. The monoisotopic (exact) mass is 305 g/mol. The van der Waals surface area contributed by atoms with Crippen molar-refractivity contribution < 1.29 is 4.79 Å². The van der Waals surface area contributed by atoms with E-state index in [-0.39, 0.29) is 5.91 Å². The highest BCUT2D eigenvalue weighted by molar-refractivity contribution is 9.11. The van der Waals surface area contributed by atoms with Gasteiger partial charge in [-0.15, -0.1) is 11.3 Å². The van der Waals surface area contributed by atoms with Gasteiger partial charge in [-0.2, -0.15) is 11.8 Å². The van der Waals surface area contributed by atoms with Crippen molar-refractivity contribution in [3.63, 3.8) is 0 Å². The Hall–Kier alpha value is -0.000000000000000111. The first-order valence-electron chi connectivity index (χ1n) is 4.83. The number of nitrogens with zero attached hydrogens (tertiary/aromatic N) is 1. The Morgan fingerprint density at radius 3 is 3.00 bits per heavy atom. The van der Waals surface area contributed by atoms with Crippen molar-refractivity contribution in [1.29, 1.82) is 0 Å². The number of amides is 1. The Morgan fingerprint density at radius 2 is 2.40 bits per heavy atom. The fraction of sp³-hybridized carbons (Fsp3) is 0.500. The van der Waals surface area contributed by atoms with Gasteiger partial charge in [0.05, 0.1) is 8.66 Å². The van der Waals surface area contributed by atoms with E-state index in [0.717, 1.165) is 27.5 Å². The van der Waals surface area contributed by atoms with Crippen LogP contribution >= 0.6 is 39.0 Å². The smallest absolute Gasteiger partial charge is 0.264 e. The van der Waals surface area contributed by atoms with Crippen molar-refractivity contribution in [1.82, 2.24) is 4.90 Å². The van der Waals surface area contributed by atoms with Gasteiger partial charge < -0.3 is 4.90 Å². The topological polar surface area (TPSA) is 20.3 Å². The summed E-state index contributed by atoms with van der Waals surface area (Å²) in [4.78, 5) is 14.9. The van der Waals surface area contributed by atoms with Crippen LogP contribution in [0.5, 0.6) is 0 Å². The molecule has 0 N–H and O–H groups in total. The third-order valence-corrected chi connectivity index (χ3v) is 5.06. The Labute approximate surface area is 106 Å². The van der Waals surface area contributed by atoms with E-state index in [1.807, 2.05) is 28.8 Å². The molecular weight excluding hydrogens is 294 g/mol. The lowest BCUT2D eigenvalue weighted by molar-refractivity contribution is 0.0768. The molecule has 2 nitrogen and oxygen atoms in total. The molecule has 1 atom stereocenters. The van der Waals surface area contributed by atoms with E-state index in [2.05, 4.69) is 22.9 Å². The molecule has 1 unspecified atom stereocenters. The minimum Gasteiger partial charge on any atom is -0.336 e. The summed E-state index contributed by atoms with van der Waals surface area (Å²) in [5.74, 6) is 1.23. The van der Waals surface area contributed by atoms with Gasteiger partial charge in [-0.1, -0.05) is 6.92 Å². The Balaban J connectivity index is 2.07. The molecule has 1 fully saturated rings. The molecule has 15 heavy (non-hydrogen) atoms. The lowest BCUT2D eigenvalue weighted by Gasteiger charge is -2.30. The van der Waals surface area contributed by atoms with Gasteiger partial charge in [0.15, 0.2) is 0 Å². The molecule has 1 aromatic heterocycles. The molecule has 2 rings (SSSR count). The highest BCUT2D eigenvalue weighted by atomic mass is 79.9. The molecule has 1 aliphatic heterocycles. The van der Waals surface area contributed by atoms with E-state index in [9.17, 15) is 4.79 Å². The van der Waals surface area contributed by atoms with Gasteiger partial charge in [-0.05, 0) is 28.1 Å². The number of rotatable bonds is 1. The van der Waals surface area contributed by atoms with Crippen LogP contribution in [0.15, 0.2) is 15.9 Å². The molecule has 2 heterocycles. The summed E-state index contributed by atoms with van der Waals surface area (Å²) in [6.07, 6.45) is 0. The van der Waals surface area contributed by atoms with Gasteiger partial charge in [0, 0.05) is 24.1 Å². The number of thioether (sulfide) groups is 1. The molecule has 1 amide bonds. The quantitative estimate of drug-likeness (QED) is 0.795. The van der Waals surface area contributed by atoms with Gasteiger partial charge in [-0.25, -0.2) is 0 Å². The maximum absolute atomic E-state index is 12.1. The third kappa shape index (κ3) is 2.77. The standard InChI is InChI=1S/C10H12BrNOS2/c1-7-6-12(4-5-14-7)10(13)8-2-3-9(11)15-8/h2-3,7H,4-6H2,1H3. The maximum Gasteiger partial charge on any atom is 0.264 e. The Kier molecular flexibility index (Phi) is 3.74. The average Bonchev–Trinajstić information content (AvgIpc) is 2.64. The molecule has 0 aliphatic carbocycles. The van der Waals surface area contributed by atoms with E-state index < -0.39 is 0 Å². The number of carbonyl (C=O) groups excluding carboxylic acids is 1. The molecule has 0 spiro atoms. The van der Waals surface area contributed by atoms with Crippen molar-refractivity contribution in [3.05, 3.63) is 20.8 Å². The van der Waals surface area contributed by atoms with Crippen molar-refractivity contribution >= 4 is 44.9 Å². The number of carbonyl (C=O) groups is 1. The molecule has 5 heteroatoms. The molecule has 1 saturated heterocycles. The predicted molar refractivity (Wildman–Crippen MR) is 69.8 cm³/mol. The molecule has 1 aliphatic rings. The summed E-state index contributed by atoms with van der Waals surface area (Å²) >= 11 is 6.83. The van der Waals surface area contributed by atoms with Crippen LogP contribution in [-0.4, -0.2) is 34.9 Å². The second-order valence-electron chi connectivity index (χ2n) is 3.54. The molecule has 0 aromatic carbocycles. The second kappa shape index (κ2) is 4.89. The normalized spacial score (nSPS) is 21.7. The minimum absolute atomic E-state index is 0.179. The number of hydrogen-bond acceptors (Lipinski definition) is 3. The minimum atomic E-state index is 0.179. The van der Waals surface area contributed by atoms with Crippen molar-refractivity contribution in [2.45, 2.75) is 12.2 Å². The zero-order valence-electron chi connectivity index (χ0n) is 8.40. The zero-order chi connectivity index (χ0) is 10.8. The van der Waals surface area contributed by atoms with Crippen LogP contribution < -0.4 is 0 Å². The van der Waals surface area contributed by atoms with Gasteiger partial charge >= 0.3 is 0 Å². The fourth-order valence-electron chi connectivity index (χ4n) is 1.59. The first-order valence-corrected chi connectivity index (χ1v) is 7.49. The summed E-state index contributed by atoms with van der Waals surface area (Å²) in [5, 5.41) is 0.561. The van der Waals surface area contributed by atoms with Gasteiger partial charge in [-0.3, -0.25) is 4.79 Å². The van der Waals surface area contributed by atoms with Crippen LogP contribution in [0.1, 0.15) is 16.6 Å². The van der Waals surface area contributed by atoms with Crippen molar-refractivity contribution in [3.8, 4) is 0 Å². The first-order chi connectivity index (χ1) is 7.16. The summed E-state index contributed by atoms with van der Waals surface area (Å²) in [6, 6.07) is 3.82. The molecule has 1 aromatic rings. The van der Waals surface area contributed by atoms with Crippen molar-refractivity contribution in [2.24, 2.45) is 0 Å². The summed E-state index contributed by atoms with van der Waals surface area (Å²) < 4.78 is 1.02. The maximum atomic E-state index is 12.1. The second-order valence-corrected chi connectivity index (χ2v) is 7.55. The van der Waals surface area contributed by atoms with Gasteiger partial charge in [0.1, 0.15) is 0 Å². The van der Waals surface area contributed by atoms with Crippen LogP contribution in [-0.2, 0) is 0 Å². The SMILES string of the molecule is CC1CN(C(=O)c2ccc(Br)s2)CCS1. The number of thiophene rings is 1. The molecule has 0 radical (unpaired) electrons. The lowest BCUT2D eigenvalue weighted by atomic mass is 10.3. The van der Waals surface area contributed by atoms with Crippen LogP contribution in [0, 0.1) is 0 Å². The number of halogens is 1. The molecule has 0 saturated carbocycles. The van der Waals surface area contributed by atoms with E-state index in [1.54, 1.807) is 0 Å². The summed E-state index contributed by atoms with van der Waals surface area (Å²) in [7, 11) is 0. The van der Waals surface area contributed by atoms with Crippen LogP contribution in [0.25, 0.3) is 0 Å². The Morgan fingerprint density at radius 1 is 1.60 bits per heavy atom. The average molecular weight is 306 g/mol. The number of hydrogen-bond donors (Lipinski definition) is 0. The van der Waals surface area contributed by atoms with E-state index in [0.29, 0.717) is 5.25 Å². The van der Waals surface area contributed by atoms with Crippen LogP contribution in [0.2, 0.25) is 0 Å². The predicted octanol–water partition coefficient (Wildman–Crippen LogP) is 3.09.